The van der Waals surface area contributed by atoms with Crippen LogP contribution in [0.15, 0.2) is 60.0 Å². The van der Waals surface area contributed by atoms with E-state index >= 15 is 0 Å². The molecule has 2 atom stereocenters. The largest absolute Gasteiger partial charge is 0.300 e. The number of non-ortho nitro benzene ring substituents is 1. The summed E-state index contributed by atoms with van der Waals surface area (Å²) >= 11 is 1.36. The number of hydrogen-bond donors (Lipinski definition) is 0. The topological polar surface area (TPSA) is 101 Å². The number of nitrogens with zero attached hydrogens (tertiary/aromatic N) is 3. The van der Waals surface area contributed by atoms with Crippen LogP contribution in [-0.2, 0) is 4.79 Å². The first-order valence-electron chi connectivity index (χ1n) is 9.17. The first-order valence-corrected chi connectivity index (χ1v) is 10.0. The van der Waals surface area contributed by atoms with Crippen molar-refractivity contribution in [1.82, 2.24) is 4.90 Å². The van der Waals surface area contributed by atoms with Gasteiger partial charge in [-0.05, 0) is 41.8 Å². The number of carbonyl (C=O) groups is 3. The van der Waals surface area contributed by atoms with Gasteiger partial charge in [-0.2, -0.15) is 0 Å². The minimum atomic E-state index is -1.10. The highest BCUT2D eigenvalue weighted by Crippen LogP contribution is 2.45. The molecule has 2 aliphatic rings. The van der Waals surface area contributed by atoms with E-state index in [2.05, 4.69) is 0 Å². The average molecular weight is 437 g/mol. The van der Waals surface area contributed by atoms with Gasteiger partial charge in [-0.3, -0.25) is 34.3 Å². The smallest absolute Gasteiger partial charge is 0.270 e. The summed E-state index contributed by atoms with van der Waals surface area (Å²) in [7, 11) is 0. The molecule has 3 heterocycles. The number of carbonyl (C=O) groups excluding carboxylic acids is 3. The first kappa shape index (κ1) is 19.1. The van der Waals surface area contributed by atoms with E-state index in [1.165, 1.54) is 46.6 Å². The van der Waals surface area contributed by atoms with Crippen molar-refractivity contribution in [3.63, 3.8) is 0 Å². The van der Waals surface area contributed by atoms with Crippen LogP contribution < -0.4 is 4.90 Å². The van der Waals surface area contributed by atoms with Crippen LogP contribution in [-0.4, -0.2) is 33.6 Å². The number of benzene rings is 2. The van der Waals surface area contributed by atoms with Crippen LogP contribution in [0, 0.1) is 15.9 Å². The third kappa shape index (κ3) is 2.76. The lowest BCUT2D eigenvalue weighted by Gasteiger charge is -2.49. The first-order chi connectivity index (χ1) is 14.9. The van der Waals surface area contributed by atoms with Gasteiger partial charge in [0.25, 0.3) is 23.4 Å². The summed E-state index contributed by atoms with van der Waals surface area (Å²) in [4.78, 5) is 52.6. The fourth-order valence-electron chi connectivity index (χ4n) is 3.97. The maximum atomic E-state index is 13.4. The van der Waals surface area contributed by atoms with Crippen LogP contribution in [0.5, 0.6) is 0 Å². The quantitative estimate of drug-likeness (QED) is 0.269. The van der Waals surface area contributed by atoms with Crippen molar-refractivity contribution < 1.29 is 23.7 Å². The second-order valence-corrected chi connectivity index (χ2v) is 8.04. The molecule has 3 aromatic rings. The van der Waals surface area contributed by atoms with Gasteiger partial charge in [-0.1, -0.05) is 6.07 Å². The minimum absolute atomic E-state index is 0.0218. The number of fused-ring (bicyclic) bond motifs is 1. The van der Waals surface area contributed by atoms with Gasteiger partial charge in [0.15, 0.2) is 0 Å². The monoisotopic (exact) mass is 437 g/mol. The Hall–Kier alpha value is -3.92. The van der Waals surface area contributed by atoms with Gasteiger partial charge in [0.2, 0.25) is 0 Å². The average Bonchev–Trinajstić information content (AvgIpc) is 3.36. The molecule has 1 aromatic heterocycles. The summed E-state index contributed by atoms with van der Waals surface area (Å²) in [6.45, 7) is 0. The van der Waals surface area contributed by atoms with E-state index in [1.54, 1.807) is 12.1 Å². The normalized spacial score (nSPS) is 20.1. The second kappa shape index (κ2) is 6.81. The summed E-state index contributed by atoms with van der Waals surface area (Å²) < 4.78 is 13.4. The van der Waals surface area contributed by atoms with E-state index in [0.717, 1.165) is 21.9 Å². The van der Waals surface area contributed by atoms with E-state index in [4.69, 9.17) is 0 Å². The van der Waals surface area contributed by atoms with E-state index in [1.807, 2.05) is 5.38 Å². The number of nitro benzene ring substituents is 1. The Bertz CT molecular complexity index is 1260. The summed E-state index contributed by atoms with van der Waals surface area (Å²) in [5, 5.41) is 12.9. The van der Waals surface area contributed by atoms with Crippen molar-refractivity contribution in [3.05, 3.63) is 91.9 Å². The van der Waals surface area contributed by atoms with Crippen molar-refractivity contribution in [3.8, 4) is 0 Å². The van der Waals surface area contributed by atoms with E-state index in [9.17, 15) is 28.9 Å². The maximum Gasteiger partial charge on any atom is 0.270 e. The molecule has 31 heavy (non-hydrogen) atoms. The lowest BCUT2D eigenvalue weighted by molar-refractivity contribution is -0.384. The van der Waals surface area contributed by atoms with Gasteiger partial charge in [-0.15, -0.1) is 11.3 Å². The van der Waals surface area contributed by atoms with E-state index < -0.39 is 40.5 Å². The van der Waals surface area contributed by atoms with Crippen molar-refractivity contribution in [2.75, 3.05) is 4.90 Å². The summed E-state index contributed by atoms with van der Waals surface area (Å²) in [6, 6.07) is 10.6. The molecule has 10 heteroatoms. The lowest BCUT2D eigenvalue weighted by atomic mass is 9.90. The SMILES string of the molecule is O=C1c2ccc([N+](=O)[O-])cc2C(=O)N1C1C(=O)N(c2ccc(F)cc2)C1c1cccs1. The highest BCUT2D eigenvalue weighted by Gasteiger charge is 2.57. The summed E-state index contributed by atoms with van der Waals surface area (Å²) in [6.07, 6.45) is 0. The second-order valence-electron chi connectivity index (χ2n) is 7.06. The molecule has 0 bridgehead atoms. The number of hydrogen-bond acceptors (Lipinski definition) is 6. The van der Waals surface area contributed by atoms with Crippen molar-refractivity contribution in [2.24, 2.45) is 0 Å². The highest BCUT2D eigenvalue weighted by molar-refractivity contribution is 7.10. The Labute approximate surface area is 178 Å². The molecule has 0 spiro atoms. The molecule has 0 radical (unpaired) electrons. The molecule has 154 valence electrons. The number of anilines is 1. The summed E-state index contributed by atoms with van der Waals surface area (Å²) in [5.74, 6) is -2.37. The Balaban J connectivity index is 1.55. The van der Waals surface area contributed by atoms with Crippen molar-refractivity contribution in [1.29, 1.82) is 0 Å². The Kier molecular flexibility index (Phi) is 4.19. The van der Waals surface area contributed by atoms with Gasteiger partial charge >= 0.3 is 0 Å². The van der Waals surface area contributed by atoms with Gasteiger partial charge in [0, 0.05) is 22.7 Å². The molecule has 2 unspecified atom stereocenters. The molecule has 0 saturated carbocycles. The molecule has 0 N–H and O–H groups in total. The number of β-lactam (4-membered cyclic amide) rings is 1. The zero-order valence-electron chi connectivity index (χ0n) is 15.6. The van der Waals surface area contributed by atoms with Gasteiger partial charge < -0.3 is 0 Å². The number of amides is 3. The Morgan fingerprint density at radius 1 is 0.903 bits per heavy atom. The molecular formula is C21H12FN3O5S. The molecule has 1 saturated heterocycles. The van der Waals surface area contributed by atoms with Crippen molar-refractivity contribution >= 4 is 40.4 Å². The fraction of sp³-hybridized carbons (Fsp3) is 0.0952. The lowest BCUT2D eigenvalue weighted by Crippen LogP contribution is -2.67. The van der Waals surface area contributed by atoms with Crippen LogP contribution in [0.4, 0.5) is 15.8 Å². The van der Waals surface area contributed by atoms with Crippen LogP contribution in [0.25, 0.3) is 0 Å². The Morgan fingerprint density at radius 2 is 1.61 bits per heavy atom. The maximum absolute atomic E-state index is 13.4. The molecule has 0 aliphatic carbocycles. The standard InChI is InChI=1S/C21H12FN3O5S/c22-11-3-5-12(6-4-11)23-17(16-2-1-9-31-16)18(21(23)28)24-19(26)14-8-7-13(25(29)30)10-15(14)20(24)27/h1-10,17-18H. The third-order valence-corrected chi connectivity index (χ3v) is 6.34. The zero-order chi connectivity index (χ0) is 21.9. The predicted molar refractivity (Wildman–Crippen MR) is 108 cm³/mol. The number of rotatable bonds is 4. The van der Waals surface area contributed by atoms with Gasteiger partial charge in [0.1, 0.15) is 17.9 Å². The molecule has 8 nitrogen and oxygen atoms in total. The highest BCUT2D eigenvalue weighted by atomic mass is 32.1. The van der Waals surface area contributed by atoms with Crippen LogP contribution >= 0.6 is 11.3 Å². The number of nitro groups is 1. The van der Waals surface area contributed by atoms with E-state index in [-0.39, 0.29) is 16.8 Å². The summed E-state index contributed by atoms with van der Waals surface area (Å²) in [5.41, 5.74) is 0.0449. The molecule has 2 aliphatic heterocycles. The number of thiophene rings is 1. The van der Waals surface area contributed by atoms with Gasteiger partial charge in [-0.25, -0.2) is 4.39 Å². The van der Waals surface area contributed by atoms with Crippen LogP contribution in [0.3, 0.4) is 0 Å². The fourth-order valence-corrected chi connectivity index (χ4v) is 4.82. The minimum Gasteiger partial charge on any atom is -0.300 e. The molecule has 1 fully saturated rings. The molecule has 3 amide bonds. The molecule has 2 aromatic carbocycles. The Morgan fingerprint density at radius 3 is 2.26 bits per heavy atom. The number of halogens is 1. The van der Waals surface area contributed by atoms with Crippen LogP contribution in [0.2, 0.25) is 0 Å². The predicted octanol–water partition coefficient (Wildman–Crippen LogP) is 3.55. The van der Waals surface area contributed by atoms with E-state index in [0.29, 0.717) is 5.69 Å². The number of imide groups is 1. The van der Waals surface area contributed by atoms with Crippen LogP contribution in [0.1, 0.15) is 31.6 Å². The van der Waals surface area contributed by atoms with Gasteiger partial charge in [0.05, 0.1) is 16.1 Å². The van der Waals surface area contributed by atoms with Crippen molar-refractivity contribution in [2.45, 2.75) is 12.1 Å². The molecule has 5 rings (SSSR count). The zero-order valence-corrected chi connectivity index (χ0v) is 16.4. The molecular weight excluding hydrogens is 425 g/mol. The third-order valence-electron chi connectivity index (χ3n) is 5.40.